The SMILES string of the molecule is CN(c1nc2sccn2c1CBr)C1CCOCC1. The molecule has 0 aliphatic carbocycles. The van der Waals surface area contributed by atoms with Crippen molar-refractivity contribution >= 4 is 38.0 Å². The Bertz CT molecular complexity index is 532. The zero-order valence-corrected chi connectivity index (χ0v) is 12.7. The summed E-state index contributed by atoms with van der Waals surface area (Å²) in [4.78, 5) is 8.14. The molecule has 1 aliphatic heterocycles. The maximum atomic E-state index is 5.43. The number of hydrogen-bond acceptors (Lipinski definition) is 4. The first kappa shape index (κ1) is 12.4. The highest BCUT2D eigenvalue weighted by Crippen LogP contribution is 2.28. The molecule has 4 nitrogen and oxygen atoms in total. The highest BCUT2D eigenvalue weighted by molar-refractivity contribution is 9.08. The van der Waals surface area contributed by atoms with Gasteiger partial charge in [0.1, 0.15) is 0 Å². The molecule has 0 spiro atoms. The molecule has 6 heteroatoms. The van der Waals surface area contributed by atoms with Crippen LogP contribution in [0, 0.1) is 0 Å². The van der Waals surface area contributed by atoms with Gasteiger partial charge in [-0.3, -0.25) is 4.40 Å². The smallest absolute Gasteiger partial charge is 0.195 e. The first-order chi connectivity index (χ1) is 8.81. The number of imidazole rings is 1. The fourth-order valence-corrected chi connectivity index (χ4v) is 3.72. The molecule has 0 amide bonds. The summed E-state index contributed by atoms with van der Waals surface area (Å²) in [6.45, 7) is 1.72. The van der Waals surface area contributed by atoms with E-state index < -0.39 is 0 Å². The van der Waals surface area contributed by atoms with Gasteiger partial charge in [0, 0.05) is 43.2 Å². The molecule has 3 rings (SSSR count). The largest absolute Gasteiger partial charge is 0.381 e. The molecule has 0 saturated carbocycles. The van der Waals surface area contributed by atoms with Crippen molar-refractivity contribution in [2.75, 3.05) is 25.2 Å². The van der Waals surface area contributed by atoms with E-state index in [4.69, 9.17) is 9.72 Å². The Hall–Kier alpha value is -0.590. The van der Waals surface area contributed by atoms with Gasteiger partial charge in [-0.25, -0.2) is 4.98 Å². The molecule has 2 aromatic rings. The average molecular weight is 330 g/mol. The van der Waals surface area contributed by atoms with E-state index in [1.807, 2.05) is 0 Å². The van der Waals surface area contributed by atoms with Crippen LogP contribution in [0.5, 0.6) is 0 Å². The van der Waals surface area contributed by atoms with Gasteiger partial charge < -0.3 is 9.64 Å². The summed E-state index contributed by atoms with van der Waals surface area (Å²) in [7, 11) is 2.15. The molecule has 0 aromatic carbocycles. The lowest BCUT2D eigenvalue weighted by Crippen LogP contribution is -2.37. The van der Waals surface area contributed by atoms with Crippen LogP contribution < -0.4 is 4.90 Å². The maximum absolute atomic E-state index is 5.43. The van der Waals surface area contributed by atoms with Crippen molar-refractivity contribution in [1.29, 1.82) is 0 Å². The van der Waals surface area contributed by atoms with Gasteiger partial charge in [-0.15, -0.1) is 11.3 Å². The summed E-state index contributed by atoms with van der Waals surface area (Å²) in [6, 6.07) is 0.543. The van der Waals surface area contributed by atoms with Crippen LogP contribution >= 0.6 is 27.3 Å². The summed E-state index contributed by atoms with van der Waals surface area (Å²) in [5.41, 5.74) is 1.24. The zero-order chi connectivity index (χ0) is 12.5. The molecule has 0 radical (unpaired) electrons. The molecule has 0 bridgehead atoms. The molecule has 3 heterocycles. The minimum Gasteiger partial charge on any atom is -0.381 e. The third-order valence-corrected chi connectivity index (χ3v) is 4.83. The van der Waals surface area contributed by atoms with Crippen LogP contribution in [0.25, 0.3) is 4.96 Å². The molecule has 0 atom stereocenters. The highest BCUT2D eigenvalue weighted by atomic mass is 79.9. The topological polar surface area (TPSA) is 29.8 Å². The van der Waals surface area contributed by atoms with Crippen molar-refractivity contribution < 1.29 is 4.74 Å². The van der Waals surface area contributed by atoms with Crippen LogP contribution in [0.1, 0.15) is 18.5 Å². The van der Waals surface area contributed by atoms with Gasteiger partial charge in [0.2, 0.25) is 0 Å². The molecule has 98 valence electrons. The summed E-state index contributed by atoms with van der Waals surface area (Å²) < 4.78 is 7.60. The normalized spacial score (nSPS) is 17.4. The predicted octanol–water partition coefficient (Wildman–Crippen LogP) is 2.91. The summed E-state index contributed by atoms with van der Waals surface area (Å²) >= 11 is 5.26. The van der Waals surface area contributed by atoms with Crippen LogP contribution in [0.4, 0.5) is 5.82 Å². The fraction of sp³-hybridized carbons (Fsp3) is 0.583. The summed E-state index contributed by atoms with van der Waals surface area (Å²) in [6.07, 6.45) is 4.26. The second-order valence-corrected chi connectivity index (χ2v) is 5.96. The Kier molecular flexibility index (Phi) is 3.59. The molecule has 2 aromatic heterocycles. The van der Waals surface area contributed by atoms with Gasteiger partial charge in [-0.05, 0) is 12.8 Å². The van der Waals surface area contributed by atoms with Gasteiger partial charge in [0.25, 0.3) is 0 Å². The van der Waals surface area contributed by atoms with Crippen molar-refractivity contribution in [2.24, 2.45) is 0 Å². The molecule has 18 heavy (non-hydrogen) atoms. The van der Waals surface area contributed by atoms with E-state index in [1.54, 1.807) is 11.3 Å². The number of alkyl halides is 1. The molecule has 0 unspecified atom stereocenters. The summed E-state index contributed by atoms with van der Waals surface area (Å²) in [5.74, 6) is 1.10. The fourth-order valence-electron chi connectivity index (χ4n) is 2.47. The Morgan fingerprint density at radius 3 is 3.06 bits per heavy atom. The molecule has 1 aliphatic rings. The Morgan fingerprint density at radius 2 is 2.33 bits per heavy atom. The summed E-state index contributed by atoms with van der Waals surface area (Å²) in [5, 5.41) is 2.90. The highest BCUT2D eigenvalue weighted by Gasteiger charge is 2.23. The van der Waals surface area contributed by atoms with Gasteiger partial charge in [0.05, 0.1) is 5.69 Å². The lowest BCUT2D eigenvalue weighted by atomic mass is 10.1. The first-order valence-corrected chi connectivity index (χ1v) is 8.12. The Labute approximate surface area is 119 Å². The van der Waals surface area contributed by atoms with Crippen LogP contribution in [0.2, 0.25) is 0 Å². The molecular formula is C12H16BrN3OS. The van der Waals surface area contributed by atoms with Gasteiger partial charge in [-0.2, -0.15) is 0 Å². The standard InChI is InChI=1S/C12H16BrN3OS/c1-15(9-2-5-17-6-3-9)11-10(8-13)16-4-7-18-12(16)14-11/h4,7,9H,2-3,5-6,8H2,1H3. The van der Waals surface area contributed by atoms with Crippen LogP contribution in [-0.2, 0) is 10.1 Å². The van der Waals surface area contributed by atoms with E-state index in [0.29, 0.717) is 6.04 Å². The molecule has 1 fully saturated rings. The number of hydrogen-bond donors (Lipinski definition) is 0. The third kappa shape index (κ3) is 2.06. The molecule has 1 saturated heterocycles. The lowest BCUT2D eigenvalue weighted by Gasteiger charge is -2.31. The van der Waals surface area contributed by atoms with Gasteiger partial charge in [0.15, 0.2) is 10.8 Å². The van der Waals surface area contributed by atoms with E-state index in [9.17, 15) is 0 Å². The van der Waals surface area contributed by atoms with Crippen molar-refractivity contribution in [3.63, 3.8) is 0 Å². The van der Waals surface area contributed by atoms with Crippen molar-refractivity contribution in [2.45, 2.75) is 24.2 Å². The predicted molar refractivity (Wildman–Crippen MR) is 77.9 cm³/mol. The van der Waals surface area contributed by atoms with E-state index in [-0.39, 0.29) is 0 Å². The van der Waals surface area contributed by atoms with E-state index in [2.05, 4.69) is 43.9 Å². The quantitative estimate of drug-likeness (QED) is 0.811. The lowest BCUT2D eigenvalue weighted by molar-refractivity contribution is 0.0853. The Balaban J connectivity index is 1.94. The monoisotopic (exact) mass is 329 g/mol. The zero-order valence-electron chi connectivity index (χ0n) is 10.3. The van der Waals surface area contributed by atoms with E-state index in [0.717, 1.165) is 42.2 Å². The third-order valence-electron chi connectivity index (χ3n) is 3.54. The molecule has 0 N–H and O–H groups in total. The average Bonchev–Trinajstić information content (AvgIpc) is 2.98. The van der Waals surface area contributed by atoms with E-state index in [1.165, 1.54) is 5.69 Å². The van der Waals surface area contributed by atoms with Crippen molar-refractivity contribution in [1.82, 2.24) is 9.38 Å². The number of anilines is 1. The second-order valence-electron chi connectivity index (χ2n) is 4.53. The van der Waals surface area contributed by atoms with Crippen LogP contribution in [0.3, 0.4) is 0 Å². The minimum atomic E-state index is 0.543. The number of rotatable bonds is 3. The number of fused-ring (bicyclic) bond motifs is 1. The van der Waals surface area contributed by atoms with Crippen molar-refractivity contribution in [3.05, 3.63) is 17.3 Å². The van der Waals surface area contributed by atoms with Crippen molar-refractivity contribution in [3.8, 4) is 0 Å². The van der Waals surface area contributed by atoms with Gasteiger partial charge in [-0.1, -0.05) is 15.9 Å². The number of aromatic nitrogens is 2. The van der Waals surface area contributed by atoms with Crippen LogP contribution in [-0.4, -0.2) is 35.7 Å². The second kappa shape index (κ2) is 5.19. The molecular weight excluding hydrogens is 314 g/mol. The number of thiazole rings is 1. The number of ether oxygens (including phenoxy) is 1. The van der Waals surface area contributed by atoms with Crippen LogP contribution in [0.15, 0.2) is 11.6 Å². The Morgan fingerprint density at radius 1 is 1.56 bits per heavy atom. The number of nitrogens with zero attached hydrogens (tertiary/aromatic N) is 3. The number of halogens is 1. The van der Waals surface area contributed by atoms with E-state index >= 15 is 0 Å². The maximum Gasteiger partial charge on any atom is 0.195 e. The minimum absolute atomic E-state index is 0.543. The van der Waals surface area contributed by atoms with Gasteiger partial charge >= 0.3 is 0 Å². The first-order valence-electron chi connectivity index (χ1n) is 6.12.